The second kappa shape index (κ2) is 5.49. The molecule has 1 saturated heterocycles. The molecule has 0 amide bonds. The zero-order chi connectivity index (χ0) is 14.9. The van der Waals surface area contributed by atoms with Crippen molar-refractivity contribution in [2.24, 2.45) is 0 Å². The van der Waals surface area contributed by atoms with Gasteiger partial charge in [0.15, 0.2) is 11.5 Å². The molecule has 114 valence electrons. The second-order valence-corrected chi connectivity index (χ2v) is 4.74. The van der Waals surface area contributed by atoms with Crippen molar-refractivity contribution in [2.45, 2.75) is 12.2 Å². The summed E-state index contributed by atoms with van der Waals surface area (Å²) < 4.78 is 44.6. The molecule has 3 heterocycles. The largest absolute Gasteiger partial charge is 0.435 e. The summed E-state index contributed by atoms with van der Waals surface area (Å²) in [5.74, 6) is 0.368. The van der Waals surface area contributed by atoms with Crippen LogP contribution in [0.4, 0.5) is 19.0 Å². The van der Waals surface area contributed by atoms with Crippen LogP contribution in [0.1, 0.15) is 5.69 Å². The van der Waals surface area contributed by atoms with Crippen molar-refractivity contribution in [3.63, 3.8) is 0 Å². The number of rotatable bonds is 3. The van der Waals surface area contributed by atoms with Gasteiger partial charge in [0.25, 0.3) is 0 Å². The molecular weight excluding hydrogens is 287 g/mol. The Morgan fingerprint density at radius 1 is 1.48 bits per heavy atom. The maximum atomic E-state index is 12.7. The smallest absolute Gasteiger partial charge is 0.378 e. The first-order valence-corrected chi connectivity index (χ1v) is 6.50. The molecule has 0 spiro atoms. The molecule has 1 unspecified atom stereocenters. The number of hydrogen-bond donors (Lipinski definition) is 2. The Bertz CT molecular complexity index is 621. The molecule has 0 aliphatic carbocycles. The monoisotopic (exact) mass is 301 g/mol. The molecule has 3 rings (SSSR count). The van der Waals surface area contributed by atoms with E-state index in [2.05, 4.69) is 20.7 Å². The maximum absolute atomic E-state index is 12.7. The van der Waals surface area contributed by atoms with Gasteiger partial charge in [-0.3, -0.25) is 0 Å². The van der Waals surface area contributed by atoms with Crippen LogP contribution in [0.5, 0.6) is 0 Å². The van der Waals surface area contributed by atoms with Crippen molar-refractivity contribution in [3.8, 4) is 0 Å². The van der Waals surface area contributed by atoms with Crippen LogP contribution in [0.15, 0.2) is 18.5 Å². The second-order valence-electron chi connectivity index (χ2n) is 4.74. The van der Waals surface area contributed by atoms with Gasteiger partial charge in [-0.15, -0.1) is 0 Å². The SMILES string of the molecule is FC(F)(F)c1cc2c(NCC3COCCN3)nccn2n1. The third-order valence-corrected chi connectivity index (χ3v) is 3.19. The van der Waals surface area contributed by atoms with E-state index in [0.717, 1.165) is 12.6 Å². The van der Waals surface area contributed by atoms with Crippen LogP contribution in [0, 0.1) is 0 Å². The van der Waals surface area contributed by atoms with Crippen molar-refractivity contribution in [2.75, 3.05) is 31.6 Å². The molecule has 2 aromatic rings. The molecule has 21 heavy (non-hydrogen) atoms. The predicted molar refractivity (Wildman–Crippen MR) is 69.1 cm³/mol. The lowest BCUT2D eigenvalue weighted by molar-refractivity contribution is -0.141. The molecule has 0 aromatic carbocycles. The van der Waals surface area contributed by atoms with Crippen molar-refractivity contribution in [1.29, 1.82) is 0 Å². The van der Waals surface area contributed by atoms with Crippen molar-refractivity contribution in [3.05, 3.63) is 24.2 Å². The average molecular weight is 301 g/mol. The summed E-state index contributed by atoms with van der Waals surface area (Å²) in [5, 5.41) is 9.80. The number of ether oxygens (including phenoxy) is 1. The number of hydrogen-bond acceptors (Lipinski definition) is 5. The van der Waals surface area contributed by atoms with E-state index in [0.29, 0.717) is 31.1 Å². The molecule has 0 bridgehead atoms. The average Bonchev–Trinajstić information content (AvgIpc) is 2.91. The van der Waals surface area contributed by atoms with Crippen LogP contribution in [0.25, 0.3) is 5.52 Å². The van der Waals surface area contributed by atoms with Crippen LogP contribution >= 0.6 is 0 Å². The van der Waals surface area contributed by atoms with Crippen LogP contribution in [-0.2, 0) is 10.9 Å². The van der Waals surface area contributed by atoms with Gasteiger partial charge in [0, 0.05) is 37.6 Å². The number of aromatic nitrogens is 3. The zero-order valence-corrected chi connectivity index (χ0v) is 11.0. The Morgan fingerprint density at radius 2 is 2.33 bits per heavy atom. The molecule has 2 aromatic heterocycles. The fourth-order valence-corrected chi connectivity index (χ4v) is 2.17. The molecule has 1 aliphatic rings. The Kier molecular flexibility index (Phi) is 3.68. The number of nitrogens with zero attached hydrogens (tertiary/aromatic N) is 3. The fourth-order valence-electron chi connectivity index (χ4n) is 2.17. The first kappa shape index (κ1) is 14.1. The molecule has 6 nitrogen and oxygen atoms in total. The number of fused-ring (bicyclic) bond motifs is 1. The zero-order valence-electron chi connectivity index (χ0n) is 11.0. The minimum atomic E-state index is -4.47. The summed E-state index contributed by atoms with van der Waals surface area (Å²) in [6, 6.07) is 1.09. The van der Waals surface area contributed by atoms with Gasteiger partial charge in [-0.2, -0.15) is 18.3 Å². The highest BCUT2D eigenvalue weighted by Gasteiger charge is 2.34. The highest BCUT2D eigenvalue weighted by Crippen LogP contribution is 2.29. The van der Waals surface area contributed by atoms with E-state index in [-0.39, 0.29) is 6.04 Å². The van der Waals surface area contributed by atoms with Crippen molar-refractivity contribution >= 4 is 11.3 Å². The molecule has 9 heteroatoms. The molecule has 1 aliphatic heterocycles. The van der Waals surface area contributed by atoms with Gasteiger partial charge in [0.1, 0.15) is 5.52 Å². The van der Waals surface area contributed by atoms with Crippen LogP contribution < -0.4 is 10.6 Å². The number of halogens is 3. The van der Waals surface area contributed by atoms with Crippen molar-refractivity contribution < 1.29 is 17.9 Å². The third-order valence-electron chi connectivity index (χ3n) is 3.19. The summed E-state index contributed by atoms with van der Waals surface area (Å²) >= 11 is 0. The highest BCUT2D eigenvalue weighted by atomic mass is 19.4. The van der Waals surface area contributed by atoms with E-state index in [1.165, 1.54) is 16.9 Å². The van der Waals surface area contributed by atoms with Crippen LogP contribution in [0.2, 0.25) is 0 Å². The van der Waals surface area contributed by atoms with Crippen LogP contribution in [-0.4, -0.2) is 46.9 Å². The van der Waals surface area contributed by atoms with E-state index in [1.807, 2.05) is 0 Å². The van der Waals surface area contributed by atoms with Gasteiger partial charge in [-0.05, 0) is 0 Å². The highest BCUT2D eigenvalue weighted by molar-refractivity contribution is 5.67. The molecule has 1 fully saturated rings. The lowest BCUT2D eigenvalue weighted by Gasteiger charge is -2.24. The first-order chi connectivity index (χ1) is 10.0. The summed E-state index contributed by atoms with van der Waals surface area (Å²) in [6.07, 6.45) is -1.67. The summed E-state index contributed by atoms with van der Waals surface area (Å²) in [7, 11) is 0. The summed E-state index contributed by atoms with van der Waals surface area (Å²) in [4.78, 5) is 4.08. The van der Waals surface area contributed by atoms with E-state index < -0.39 is 11.9 Å². The minimum Gasteiger partial charge on any atom is -0.378 e. The first-order valence-electron chi connectivity index (χ1n) is 6.50. The Morgan fingerprint density at radius 3 is 3.05 bits per heavy atom. The Labute approximate surface area is 118 Å². The van der Waals surface area contributed by atoms with Gasteiger partial charge in [0.05, 0.1) is 13.2 Å². The van der Waals surface area contributed by atoms with Crippen molar-refractivity contribution in [1.82, 2.24) is 19.9 Å². The maximum Gasteiger partial charge on any atom is 0.435 e. The molecule has 1 atom stereocenters. The van der Waals surface area contributed by atoms with E-state index in [4.69, 9.17) is 4.74 Å². The van der Waals surface area contributed by atoms with E-state index in [9.17, 15) is 13.2 Å². The third kappa shape index (κ3) is 3.08. The van der Waals surface area contributed by atoms with Crippen LogP contribution in [0.3, 0.4) is 0 Å². The van der Waals surface area contributed by atoms with E-state index >= 15 is 0 Å². The van der Waals surface area contributed by atoms with Gasteiger partial charge in [-0.25, -0.2) is 9.50 Å². The molecule has 0 saturated carbocycles. The predicted octanol–water partition coefficient (Wildman–Crippen LogP) is 1.15. The quantitative estimate of drug-likeness (QED) is 0.890. The minimum absolute atomic E-state index is 0.103. The molecule has 0 radical (unpaired) electrons. The van der Waals surface area contributed by atoms with Gasteiger partial charge >= 0.3 is 6.18 Å². The lowest BCUT2D eigenvalue weighted by atomic mass is 10.2. The number of anilines is 1. The van der Waals surface area contributed by atoms with Gasteiger partial charge in [-0.1, -0.05) is 0 Å². The Balaban J connectivity index is 1.79. The normalized spacial score (nSPS) is 19.9. The molecular formula is C12H14F3N5O. The van der Waals surface area contributed by atoms with Gasteiger partial charge in [0.2, 0.25) is 0 Å². The fraction of sp³-hybridized carbons (Fsp3) is 0.500. The number of alkyl halides is 3. The topological polar surface area (TPSA) is 63.5 Å². The van der Waals surface area contributed by atoms with E-state index in [1.54, 1.807) is 0 Å². The van der Waals surface area contributed by atoms with Gasteiger partial charge < -0.3 is 15.4 Å². The molecule has 2 N–H and O–H groups in total. The summed E-state index contributed by atoms with van der Waals surface area (Å²) in [5.41, 5.74) is -0.640. The lowest BCUT2D eigenvalue weighted by Crippen LogP contribution is -2.45. The summed E-state index contributed by atoms with van der Waals surface area (Å²) in [6.45, 7) is 2.50. The standard InChI is InChI=1S/C12H14F3N5O/c13-12(14,15)10-5-9-11(17-1-3-20(9)19-10)18-6-8-7-21-4-2-16-8/h1,3,5,8,16H,2,4,6-7H2,(H,17,18). The number of morpholine rings is 1. The Hall–Kier alpha value is -1.87. The number of nitrogens with one attached hydrogen (secondary N) is 2.